The third-order valence-corrected chi connectivity index (χ3v) is 5.22. The van der Waals surface area contributed by atoms with Crippen LogP contribution in [0.5, 0.6) is 0 Å². The van der Waals surface area contributed by atoms with Crippen molar-refractivity contribution in [3.05, 3.63) is 45.9 Å². The summed E-state index contributed by atoms with van der Waals surface area (Å²) in [7, 11) is 0. The average Bonchev–Trinajstić information content (AvgIpc) is 2.87. The summed E-state index contributed by atoms with van der Waals surface area (Å²) >= 11 is 3.67. The lowest BCUT2D eigenvalue weighted by Gasteiger charge is -2.17. The molecule has 0 saturated carbocycles. The van der Waals surface area contributed by atoms with E-state index in [1.165, 1.54) is 22.6 Å². The molecule has 0 bridgehead atoms. The van der Waals surface area contributed by atoms with Crippen LogP contribution in [0, 0.1) is 13.8 Å². The fourth-order valence-corrected chi connectivity index (χ4v) is 3.89. The predicted octanol–water partition coefficient (Wildman–Crippen LogP) is 4.46. The van der Waals surface area contributed by atoms with Crippen molar-refractivity contribution in [3.8, 4) is 0 Å². The Hall–Kier alpha value is -0.840. The molecule has 2 rings (SSSR count). The second-order valence-electron chi connectivity index (χ2n) is 5.34. The molecule has 0 aliphatic heterocycles. The van der Waals surface area contributed by atoms with E-state index >= 15 is 0 Å². The number of aromatic nitrogens is 1. The number of hydrogen-bond acceptors (Lipinski definition) is 4. The number of aryl methyl sites for hydroxylation is 2. The second-order valence-corrected chi connectivity index (χ2v) is 7.50. The highest BCUT2D eigenvalue weighted by Gasteiger charge is 2.11. The summed E-state index contributed by atoms with van der Waals surface area (Å²) in [5.74, 6) is 1.08. The maximum absolute atomic E-state index is 4.60. The summed E-state index contributed by atoms with van der Waals surface area (Å²) in [6.07, 6.45) is 2.19. The number of thiazole rings is 1. The Labute approximate surface area is 136 Å². The Kier molecular flexibility index (Phi) is 6.74. The van der Waals surface area contributed by atoms with Crippen molar-refractivity contribution >= 4 is 23.1 Å². The van der Waals surface area contributed by atoms with Crippen LogP contribution in [0.15, 0.2) is 34.5 Å². The Morgan fingerprint density at radius 2 is 2.19 bits per heavy atom. The first-order chi connectivity index (χ1) is 10.2. The van der Waals surface area contributed by atoms with E-state index in [2.05, 4.69) is 60.7 Å². The van der Waals surface area contributed by atoms with E-state index < -0.39 is 0 Å². The topological polar surface area (TPSA) is 24.9 Å². The van der Waals surface area contributed by atoms with Gasteiger partial charge in [-0.2, -0.15) is 0 Å². The highest BCUT2D eigenvalue weighted by atomic mass is 32.2. The lowest BCUT2D eigenvalue weighted by molar-refractivity contribution is 0.546. The molecule has 0 aliphatic rings. The number of rotatable bonds is 8. The van der Waals surface area contributed by atoms with E-state index in [1.807, 2.05) is 11.8 Å². The molecule has 2 nitrogen and oxygen atoms in total. The first kappa shape index (κ1) is 16.5. The van der Waals surface area contributed by atoms with Gasteiger partial charge in [0.05, 0.1) is 10.7 Å². The monoisotopic (exact) mass is 320 g/mol. The molecule has 0 spiro atoms. The van der Waals surface area contributed by atoms with Crippen LogP contribution in [0.3, 0.4) is 0 Å². The summed E-state index contributed by atoms with van der Waals surface area (Å²) in [6.45, 7) is 7.51. The van der Waals surface area contributed by atoms with Crippen molar-refractivity contribution in [3.63, 3.8) is 0 Å². The van der Waals surface area contributed by atoms with Crippen molar-refractivity contribution in [2.45, 2.75) is 44.6 Å². The second kappa shape index (κ2) is 8.57. The van der Waals surface area contributed by atoms with Crippen molar-refractivity contribution in [2.75, 3.05) is 12.3 Å². The van der Waals surface area contributed by atoms with E-state index in [-0.39, 0.29) is 0 Å². The maximum Gasteiger partial charge on any atom is 0.0897 e. The van der Waals surface area contributed by atoms with Crippen LogP contribution >= 0.6 is 23.1 Å². The fourth-order valence-electron chi connectivity index (χ4n) is 2.19. The van der Waals surface area contributed by atoms with Crippen LogP contribution in [0.1, 0.15) is 29.6 Å². The molecule has 21 heavy (non-hydrogen) atoms. The van der Waals surface area contributed by atoms with E-state index in [0.29, 0.717) is 6.04 Å². The smallest absolute Gasteiger partial charge is 0.0897 e. The molecule has 0 radical (unpaired) electrons. The molecule has 1 aromatic heterocycles. The summed E-state index contributed by atoms with van der Waals surface area (Å²) in [5, 5.41) is 7.00. The van der Waals surface area contributed by atoms with Crippen LogP contribution in [-0.2, 0) is 6.42 Å². The van der Waals surface area contributed by atoms with E-state index in [9.17, 15) is 0 Å². The number of thioether (sulfide) groups is 1. The molecule has 114 valence electrons. The van der Waals surface area contributed by atoms with Crippen molar-refractivity contribution in [1.82, 2.24) is 10.3 Å². The lowest BCUT2D eigenvalue weighted by Crippen LogP contribution is -2.34. The molecule has 0 saturated heterocycles. The Morgan fingerprint density at radius 1 is 1.33 bits per heavy atom. The molecule has 1 atom stereocenters. The number of hydrogen-bond donors (Lipinski definition) is 1. The summed E-state index contributed by atoms with van der Waals surface area (Å²) in [5.41, 5.74) is 2.55. The molecule has 1 unspecified atom stereocenters. The molecule has 4 heteroatoms. The zero-order chi connectivity index (χ0) is 15.1. The summed E-state index contributed by atoms with van der Waals surface area (Å²) in [4.78, 5) is 5.95. The van der Waals surface area contributed by atoms with Gasteiger partial charge in [0.15, 0.2) is 0 Å². The molecule has 0 fully saturated rings. The first-order valence-electron chi connectivity index (χ1n) is 7.51. The largest absolute Gasteiger partial charge is 0.313 e. The molecular formula is C17H24N2S2. The standard InChI is InChI=1S/C17H24N2S2/c1-4-8-18-15(10-16-12-20-14(3)19-16)11-21-17-7-5-6-13(2)9-17/h5-7,9,12,15,18H,4,8,10-11H2,1-3H3. The zero-order valence-corrected chi connectivity index (χ0v) is 14.7. The van der Waals surface area contributed by atoms with Gasteiger partial charge in [-0.25, -0.2) is 4.98 Å². The predicted molar refractivity (Wildman–Crippen MR) is 94.5 cm³/mol. The molecule has 2 aromatic rings. The Balaban J connectivity index is 1.92. The molecule has 1 heterocycles. The highest BCUT2D eigenvalue weighted by Crippen LogP contribution is 2.21. The summed E-state index contributed by atoms with van der Waals surface area (Å²) in [6, 6.07) is 9.22. The van der Waals surface area contributed by atoms with Gasteiger partial charge in [-0.15, -0.1) is 23.1 Å². The van der Waals surface area contributed by atoms with Gasteiger partial charge in [0.2, 0.25) is 0 Å². The fraction of sp³-hybridized carbons (Fsp3) is 0.471. The van der Waals surface area contributed by atoms with Crippen LogP contribution in [0.4, 0.5) is 0 Å². The molecule has 1 N–H and O–H groups in total. The Morgan fingerprint density at radius 3 is 2.86 bits per heavy atom. The first-order valence-corrected chi connectivity index (χ1v) is 9.37. The van der Waals surface area contributed by atoms with E-state index in [0.717, 1.165) is 23.7 Å². The highest BCUT2D eigenvalue weighted by molar-refractivity contribution is 7.99. The van der Waals surface area contributed by atoms with Gasteiger partial charge < -0.3 is 5.32 Å². The average molecular weight is 321 g/mol. The quantitative estimate of drug-likeness (QED) is 0.727. The van der Waals surface area contributed by atoms with Crippen LogP contribution in [0.25, 0.3) is 0 Å². The van der Waals surface area contributed by atoms with Crippen molar-refractivity contribution in [2.24, 2.45) is 0 Å². The molecular weight excluding hydrogens is 296 g/mol. The van der Waals surface area contributed by atoms with E-state index in [1.54, 1.807) is 11.3 Å². The minimum absolute atomic E-state index is 0.483. The van der Waals surface area contributed by atoms with Crippen LogP contribution < -0.4 is 5.32 Å². The van der Waals surface area contributed by atoms with Crippen LogP contribution in [-0.4, -0.2) is 23.3 Å². The Bertz CT molecular complexity index is 551. The van der Waals surface area contributed by atoms with Crippen molar-refractivity contribution < 1.29 is 0 Å². The third kappa shape index (κ3) is 5.81. The van der Waals surface area contributed by atoms with Gasteiger partial charge in [-0.3, -0.25) is 0 Å². The maximum atomic E-state index is 4.60. The molecule has 0 amide bonds. The minimum Gasteiger partial charge on any atom is -0.313 e. The van der Waals surface area contributed by atoms with Gasteiger partial charge in [-0.05, 0) is 38.9 Å². The summed E-state index contributed by atoms with van der Waals surface area (Å²) < 4.78 is 0. The third-order valence-electron chi connectivity index (χ3n) is 3.25. The normalized spacial score (nSPS) is 12.5. The lowest BCUT2D eigenvalue weighted by atomic mass is 10.2. The number of benzene rings is 1. The van der Waals surface area contributed by atoms with Gasteiger partial charge in [0.1, 0.15) is 0 Å². The number of nitrogens with zero attached hydrogens (tertiary/aromatic N) is 1. The zero-order valence-electron chi connectivity index (χ0n) is 13.1. The van der Waals surface area contributed by atoms with Gasteiger partial charge in [0.25, 0.3) is 0 Å². The number of nitrogens with one attached hydrogen (secondary N) is 1. The molecule has 0 aliphatic carbocycles. The minimum atomic E-state index is 0.483. The molecule has 1 aromatic carbocycles. The van der Waals surface area contributed by atoms with Gasteiger partial charge in [-0.1, -0.05) is 24.6 Å². The van der Waals surface area contributed by atoms with Gasteiger partial charge in [0, 0.05) is 28.5 Å². The van der Waals surface area contributed by atoms with Crippen LogP contribution in [0.2, 0.25) is 0 Å². The van der Waals surface area contributed by atoms with E-state index in [4.69, 9.17) is 0 Å². The van der Waals surface area contributed by atoms with Crippen molar-refractivity contribution in [1.29, 1.82) is 0 Å². The SMILES string of the molecule is CCCNC(CSc1cccc(C)c1)Cc1csc(C)n1. The van der Waals surface area contributed by atoms with Gasteiger partial charge >= 0.3 is 0 Å².